The zero-order valence-corrected chi connectivity index (χ0v) is 13.8. The van der Waals surface area contributed by atoms with Crippen molar-refractivity contribution in [1.29, 1.82) is 0 Å². The van der Waals surface area contributed by atoms with E-state index in [9.17, 15) is 0 Å². The Labute approximate surface area is 141 Å². The summed E-state index contributed by atoms with van der Waals surface area (Å²) >= 11 is 0. The molecule has 3 aromatic rings. The third kappa shape index (κ3) is 3.08. The smallest absolute Gasteiger partial charge is 0.120 e. The molecule has 1 aliphatic rings. The number of aryl methyl sites for hydroxylation is 1. The topological polar surface area (TPSA) is 59.2 Å². The van der Waals surface area contributed by atoms with E-state index < -0.39 is 0 Å². The maximum absolute atomic E-state index is 5.90. The molecule has 0 fully saturated rings. The van der Waals surface area contributed by atoms with Gasteiger partial charge in [0.2, 0.25) is 0 Å². The Morgan fingerprint density at radius 3 is 2.83 bits per heavy atom. The fraction of sp³-hybridized carbons (Fsp3) is 0.316. The van der Waals surface area contributed by atoms with Crippen LogP contribution in [0.5, 0.6) is 11.5 Å². The van der Waals surface area contributed by atoms with Gasteiger partial charge < -0.3 is 14.8 Å². The van der Waals surface area contributed by atoms with E-state index in [-0.39, 0.29) is 0 Å². The van der Waals surface area contributed by atoms with Gasteiger partial charge >= 0.3 is 0 Å². The quantitative estimate of drug-likeness (QED) is 0.666. The van der Waals surface area contributed by atoms with Crippen LogP contribution in [0.3, 0.4) is 0 Å². The average Bonchev–Trinajstić information content (AvgIpc) is 2.99. The minimum Gasteiger partial charge on any atom is -0.494 e. The van der Waals surface area contributed by atoms with Crippen molar-refractivity contribution in [3.63, 3.8) is 0 Å². The minimum atomic E-state index is 0.646. The van der Waals surface area contributed by atoms with Crippen molar-refractivity contribution < 1.29 is 9.47 Å². The van der Waals surface area contributed by atoms with E-state index in [1.807, 2.05) is 12.1 Å². The third-order valence-corrected chi connectivity index (χ3v) is 4.17. The van der Waals surface area contributed by atoms with Gasteiger partial charge in [-0.25, -0.2) is 0 Å². The molecule has 0 spiro atoms. The maximum Gasteiger partial charge on any atom is 0.120 e. The molecule has 0 atom stereocenters. The number of nitrogens with one attached hydrogen (secondary N) is 2. The lowest BCUT2D eigenvalue weighted by Gasteiger charge is -2.10. The largest absolute Gasteiger partial charge is 0.494 e. The molecule has 0 radical (unpaired) electrons. The first-order valence-corrected chi connectivity index (χ1v) is 8.36. The second-order valence-corrected chi connectivity index (χ2v) is 6.11. The summed E-state index contributed by atoms with van der Waals surface area (Å²) in [6.45, 7) is 5.16. The molecule has 1 aromatic heterocycles. The fourth-order valence-electron chi connectivity index (χ4n) is 3.02. The third-order valence-electron chi connectivity index (χ3n) is 4.17. The van der Waals surface area contributed by atoms with Crippen LogP contribution in [0, 0.1) is 6.92 Å². The Bertz CT molecular complexity index is 857. The number of H-pyrrole nitrogens is 1. The Hall–Kier alpha value is -2.53. The van der Waals surface area contributed by atoms with Gasteiger partial charge in [-0.2, -0.15) is 5.10 Å². The Morgan fingerprint density at radius 2 is 1.88 bits per heavy atom. The fourth-order valence-corrected chi connectivity index (χ4v) is 3.02. The van der Waals surface area contributed by atoms with Crippen LogP contribution in [0.15, 0.2) is 36.4 Å². The molecule has 2 N–H and O–H groups in total. The highest BCUT2D eigenvalue weighted by Crippen LogP contribution is 2.32. The van der Waals surface area contributed by atoms with Crippen molar-refractivity contribution in [1.82, 2.24) is 15.5 Å². The van der Waals surface area contributed by atoms with Crippen molar-refractivity contribution in [2.45, 2.75) is 13.3 Å². The van der Waals surface area contributed by atoms with Crippen LogP contribution in [0.1, 0.15) is 12.0 Å². The van der Waals surface area contributed by atoms with Crippen LogP contribution >= 0.6 is 0 Å². The van der Waals surface area contributed by atoms with Gasteiger partial charge in [0.1, 0.15) is 23.8 Å². The summed E-state index contributed by atoms with van der Waals surface area (Å²) in [4.78, 5) is 0. The Balaban J connectivity index is 1.81. The van der Waals surface area contributed by atoms with E-state index in [2.05, 4.69) is 46.7 Å². The van der Waals surface area contributed by atoms with Gasteiger partial charge in [0.15, 0.2) is 0 Å². The second kappa shape index (κ2) is 6.53. The number of hydrogen-bond donors (Lipinski definition) is 2. The zero-order chi connectivity index (χ0) is 16.4. The lowest BCUT2D eigenvalue weighted by Crippen LogP contribution is -2.23. The first-order chi connectivity index (χ1) is 11.8. The molecule has 0 amide bonds. The van der Waals surface area contributed by atoms with E-state index in [1.54, 1.807) is 0 Å². The highest BCUT2D eigenvalue weighted by Gasteiger charge is 2.11. The van der Waals surface area contributed by atoms with Gasteiger partial charge in [-0.05, 0) is 61.9 Å². The highest BCUT2D eigenvalue weighted by atomic mass is 16.5. The van der Waals surface area contributed by atoms with Gasteiger partial charge in [0, 0.05) is 17.5 Å². The van der Waals surface area contributed by atoms with E-state index in [0.717, 1.165) is 58.7 Å². The SMILES string of the molecule is Cc1cc2cc(c1)-c1n[nH]c3ccc(cc13)OCCCNCCO2. The zero-order valence-electron chi connectivity index (χ0n) is 13.8. The summed E-state index contributed by atoms with van der Waals surface area (Å²) in [7, 11) is 0. The summed E-state index contributed by atoms with van der Waals surface area (Å²) in [6, 6.07) is 12.3. The van der Waals surface area contributed by atoms with Crippen molar-refractivity contribution in [2.75, 3.05) is 26.3 Å². The van der Waals surface area contributed by atoms with Crippen LogP contribution < -0.4 is 14.8 Å². The summed E-state index contributed by atoms with van der Waals surface area (Å²) < 4.78 is 11.8. The van der Waals surface area contributed by atoms with Gasteiger partial charge in [0.25, 0.3) is 0 Å². The van der Waals surface area contributed by atoms with Crippen LogP contribution in [0.4, 0.5) is 0 Å². The number of hydrogen-bond acceptors (Lipinski definition) is 4. The predicted octanol–water partition coefficient (Wildman–Crippen LogP) is 3.29. The van der Waals surface area contributed by atoms with Gasteiger partial charge in [-0.15, -0.1) is 0 Å². The second-order valence-electron chi connectivity index (χ2n) is 6.11. The van der Waals surface area contributed by atoms with Crippen LogP contribution in [-0.4, -0.2) is 36.5 Å². The molecule has 4 rings (SSSR count). The number of rotatable bonds is 0. The highest BCUT2D eigenvalue weighted by molar-refractivity contribution is 5.94. The molecule has 0 saturated carbocycles. The molecule has 0 aliphatic carbocycles. The summed E-state index contributed by atoms with van der Waals surface area (Å²) in [5, 5.41) is 12.1. The Morgan fingerprint density at radius 1 is 0.958 bits per heavy atom. The molecule has 4 bridgehead atoms. The summed E-state index contributed by atoms with van der Waals surface area (Å²) in [5.74, 6) is 1.76. The van der Waals surface area contributed by atoms with Gasteiger partial charge in [-0.1, -0.05) is 0 Å². The molecule has 2 aromatic carbocycles. The van der Waals surface area contributed by atoms with E-state index in [0.29, 0.717) is 13.2 Å². The standard InChI is InChI=1S/C19H21N3O2/c1-13-9-14-11-16(10-13)24-8-6-20-5-2-7-23-15-3-4-18-17(12-15)19(14)22-21-18/h3-4,9-12,20H,2,5-8H2,1H3,(H,21,22). The predicted molar refractivity (Wildman–Crippen MR) is 94.7 cm³/mol. The van der Waals surface area contributed by atoms with Crippen LogP contribution in [-0.2, 0) is 0 Å². The van der Waals surface area contributed by atoms with Crippen LogP contribution in [0.25, 0.3) is 22.2 Å². The van der Waals surface area contributed by atoms with Crippen molar-refractivity contribution in [3.05, 3.63) is 42.0 Å². The van der Waals surface area contributed by atoms with Gasteiger partial charge in [-0.3, -0.25) is 5.10 Å². The maximum atomic E-state index is 5.90. The first kappa shape index (κ1) is 15.0. The molecule has 0 saturated heterocycles. The number of ether oxygens (including phenoxy) is 2. The minimum absolute atomic E-state index is 0.646. The molecule has 24 heavy (non-hydrogen) atoms. The molecule has 1 aliphatic heterocycles. The number of benzene rings is 2. The van der Waals surface area contributed by atoms with Crippen molar-refractivity contribution in [3.8, 4) is 22.8 Å². The molecule has 5 nitrogen and oxygen atoms in total. The number of aromatic amines is 1. The molecular weight excluding hydrogens is 302 g/mol. The van der Waals surface area contributed by atoms with Crippen molar-refractivity contribution >= 4 is 10.9 Å². The Kier molecular flexibility index (Phi) is 4.09. The molecule has 5 heteroatoms. The number of aromatic nitrogens is 2. The summed E-state index contributed by atoms with van der Waals surface area (Å²) in [5.41, 5.74) is 4.14. The van der Waals surface area contributed by atoms with E-state index in [4.69, 9.17) is 9.47 Å². The molecule has 2 heterocycles. The molecule has 124 valence electrons. The van der Waals surface area contributed by atoms with E-state index in [1.165, 1.54) is 0 Å². The lowest BCUT2D eigenvalue weighted by molar-refractivity contribution is 0.294. The monoisotopic (exact) mass is 323 g/mol. The number of fused-ring (bicyclic) bond motifs is 4. The normalized spacial score (nSPS) is 15.4. The summed E-state index contributed by atoms with van der Waals surface area (Å²) in [6.07, 6.45) is 0.961. The first-order valence-electron chi connectivity index (χ1n) is 8.36. The molecular formula is C19H21N3O2. The molecule has 0 unspecified atom stereocenters. The lowest BCUT2D eigenvalue weighted by atomic mass is 10.0. The van der Waals surface area contributed by atoms with Crippen LogP contribution in [0.2, 0.25) is 0 Å². The van der Waals surface area contributed by atoms with E-state index >= 15 is 0 Å². The average molecular weight is 323 g/mol. The number of nitrogens with zero attached hydrogens (tertiary/aromatic N) is 1. The van der Waals surface area contributed by atoms with Gasteiger partial charge in [0.05, 0.1) is 12.1 Å². The van der Waals surface area contributed by atoms with Crippen molar-refractivity contribution in [2.24, 2.45) is 0 Å².